The highest BCUT2D eigenvalue weighted by Crippen LogP contribution is 2.25. The Balaban J connectivity index is 1.43. The maximum atomic E-state index is 12.3. The summed E-state index contributed by atoms with van der Waals surface area (Å²) in [6, 6.07) is 11.6. The van der Waals surface area contributed by atoms with Crippen LogP contribution >= 0.6 is 0 Å². The van der Waals surface area contributed by atoms with Crippen LogP contribution in [0.1, 0.15) is 23.6 Å². The Labute approximate surface area is 153 Å². The monoisotopic (exact) mass is 355 g/mol. The van der Waals surface area contributed by atoms with Gasteiger partial charge in [-0.15, -0.1) is 0 Å². The summed E-state index contributed by atoms with van der Waals surface area (Å²) in [5, 5.41) is 6.18. The summed E-state index contributed by atoms with van der Waals surface area (Å²) >= 11 is 0. The third-order valence-corrected chi connectivity index (χ3v) is 4.44. The molecular formula is C19H25N5O2. The molecular weight excluding hydrogens is 330 g/mol. The highest BCUT2D eigenvalue weighted by atomic mass is 16.5. The molecule has 0 bridgehead atoms. The van der Waals surface area contributed by atoms with Gasteiger partial charge < -0.3 is 15.4 Å². The van der Waals surface area contributed by atoms with Crippen molar-refractivity contribution in [2.75, 3.05) is 25.5 Å². The molecule has 0 saturated carbocycles. The number of methoxy groups -OCH3 is 1. The van der Waals surface area contributed by atoms with Crippen LogP contribution in [0.3, 0.4) is 0 Å². The van der Waals surface area contributed by atoms with Crippen LogP contribution in [0, 0.1) is 6.92 Å². The zero-order chi connectivity index (χ0) is 18.4. The van der Waals surface area contributed by atoms with Crippen LogP contribution in [0.5, 0.6) is 5.75 Å². The minimum Gasteiger partial charge on any atom is -0.497 e. The topological polar surface area (TPSA) is 87.3 Å². The molecule has 1 saturated heterocycles. The molecule has 0 aliphatic carbocycles. The molecule has 7 heteroatoms. The van der Waals surface area contributed by atoms with Gasteiger partial charge in [0.2, 0.25) is 5.91 Å². The van der Waals surface area contributed by atoms with Crippen LogP contribution in [0.25, 0.3) is 0 Å². The molecule has 2 aromatic rings. The third kappa shape index (κ3) is 4.50. The van der Waals surface area contributed by atoms with Crippen molar-refractivity contribution in [3.63, 3.8) is 0 Å². The van der Waals surface area contributed by atoms with Gasteiger partial charge in [-0.05, 0) is 42.7 Å². The maximum Gasteiger partial charge on any atom is 0.238 e. The molecule has 1 aliphatic heterocycles. The number of pyridine rings is 1. The number of anilines is 1. The maximum absolute atomic E-state index is 12.3. The van der Waals surface area contributed by atoms with Gasteiger partial charge in [0, 0.05) is 25.3 Å². The molecule has 0 spiro atoms. The molecule has 1 fully saturated rings. The molecule has 138 valence electrons. The molecule has 1 aromatic heterocycles. The summed E-state index contributed by atoms with van der Waals surface area (Å²) in [6.07, 6.45) is 2.44. The minimum absolute atomic E-state index is 0.0116. The van der Waals surface area contributed by atoms with Crippen LogP contribution in [0.2, 0.25) is 0 Å². The van der Waals surface area contributed by atoms with Gasteiger partial charge in [-0.1, -0.05) is 18.2 Å². The number of amides is 1. The molecule has 4 N–H and O–H groups in total. The van der Waals surface area contributed by atoms with E-state index in [-0.39, 0.29) is 18.0 Å². The van der Waals surface area contributed by atoms with Crippen molar-refractivity contribution in [3.05, 3.63) is 53.7 Å². The average Bonchev–Trinajstić information content (AvgIpc) is 3.17. The predicted octanol–water partition coefficient (Wildman–Crippen LogP) is 1.53. The Kier molecular flexibility index (Phi) is 6.04. The number of aromatic nitrogens is 1. The van der Waals surface area contributed by atoms with Crippen LogP contribution in [0.4, 0.5) is 5.82 Å². The van der Waals surface area contributed by atoms with E-state index < -0.39 is 0 Å². The van der Waals surface area contributed by atoms with Crippen molar-refractivity contribution in [2.45, 2.75) is 25.4 Å². The number of nitrogens with zero attached hydrogens (tertiary/aromatic N) is 1. The first-order valence-corrected chi connectivity index (χ1v) is 8.75. The van der Waals surface area contributed by atoms with E-state index in [0.29, 0.717) is 19.5 Å². The van der Waals surface area contributed by atoms with Crippen molar-refractivity contribution in [2.24, 2.45) is 0 Å². The Morgan fingerprint density at radius 2 is 2.15 bits per heavy atom. The number of ether oxygens (including phenoxy) is 1. The van der Waals surface area contributed by atoms with Crippen LogP contribution in [0.15, 0.2) is 42.6 Å². The van der Waals surface area contributed by atoms with Gasteiger partial charge in [0.25, 0.3) is 0 Å². The number of hydrogen-bond donors (Lipinski definition) is 4. The summed E-state index contributed by atoms with van der Waals surface area (Å²) in [6.45, 7) is 3.17. The molecule has 3 rings (SSSR count). The minimum atomic E-state index is -0.261. The van der Waals surface area contributed by atoms with Gasteiger partial charge in [-0.25, -0.2) is 15.8 Å². The summed E-state index contributed by atoms with van der Waals surface area (Å²) in [7, 11) is 1.65. The van der Waals surface area contributed by atoms with E-state index in [4.69, 9.17) is 4.74 Å². The zero-order valence-electron chi connectivity index (χ0n) is 15.1. The van der Waals surface area contributed by atoms with Gasteiger partial charge in [-0.2, -0.15) is 0 Å². The molecule has 2 unspecified atom stereocenters. The van der Waals surface area contributed by atoms with E-state index in [9.17, 15) is 4.79 Å². The number of hydrazine groups is 1. The smallest absolute Gasteiger partial charge is 0.238 e. The summed E-state index contributed by atoms with van der Waals surface area (Å²) < 4.78 is 5.26. The van der Waals surface area contributed by atoms with E-state index in [2.05, 4.69) is 26.5 Å². The molecule has 1 aromatic carbocycles. The second kappa shape index (κ2) is 8.64. The number of benzene rings is 1. The van der Waals surface area contributed by atoms with E-state index in [0.717, 1.165) is 22.7 Å². The largest absolute Gasteiger partial charge is 0.497 e. The first-order chi connectivity index (χ1) is 12.7. The number of carbonyl (C=O) groups excluding carboxylic acids is 1. The fraction of sp³-hybridized carbons (Fsp3) is 0.368. The highest BCUT2D eigenvalue weighted by Gasteiger charge is 2.29. The predicted molar refractivity (Wildman–Crippen MR) is 101 cm³/mol. The number of aryl methyl sites for hydroxylation is 1. The molecule has 1 amide bonds. The van der Waals surface area contributed by atoms with Crippen molar-refractivity contribution in [3.8, 4) is 5.75 Å². The van der Waals surface area contributed by atoms with Gasteiger partial charge in [-0.3, -0.25) is 4.79 Å². The van der Waals surface area contributed by atoms with Gasteiger partial charge in [0.05, 0.1) is 7.11 Å². The number of rotatable bonds is 7. The molecule has 2 heterocycles. The molecule has 2 atom stereocenters. The summed E-state index contributed by atoms with van der Waals surface area (Å²) in [5.74, 6) is 1.65. The zero-order valence-corrected chi connectivity index (χ0v) is 15.1. The van der Waals surface area contributed by atoms with Gasteiger partial charge in [0.15, 0.2) is 0 Å². The lowest BCUT2D eigenvalue weighted by Gasteiger charge is -2.12. The average molecular weight is 355 g/mol. The fourth-order valence-electron chi connectivity index (χ4n) is 2.97. The third-order valence-electron chi connectivity index (χ3n) is 4.44. The lowest BCUT2D eigenvalue weighted by atomic mass is 10.0. The van der Waals surface area contributed by atoms with E-state index in [1.54, 1.807) is 13.3 Å². The summed E-state index contributed by atoms with van der Waals surface area (Å²) in [4.78, 5) is 16.6. The van der Waals surface area contributed by atoms with E-state index in [1.165, 1.54) is 0 Å². The lowest BCUT2D eigenvalue weighted by molar-refractivity contribution is -0.122. The van der Waals surface area contributed by atoms with Crippen molar-refractivity contribution < 1.29 is 9.53 Å². The Hall–Kier alpha value is -2.64. The SMILES string of the molecule is COc1cccc(C2CC(C(=O)NCCNc3ncccc3C)NN2)c1. The van der Waals surface area contributed by atoms with Gasteiger partial charge in [0.1, 0.15) is 17.6 Å². The highest BCUT2D eigenvalue weighted by molar-refractivity contribution is 5.82. The van der Waals surface area contributed by atoms with Crippen molar-refractivity contribution >= 4 is 11.7 Å². The normalized spacial score (nSPS) is 19.2. The summed E-state index contributed by atoms with van der Waals surface area (Å²) in [5.41, 5.74) is 8.44. The van der Waals surface area contributed by atoms with Crippen LogP contribution in [-0.2, 0) is 4.79 Å². The van der Waals surface area contributed by atoms with E-state index >= 15 is 0 Å². The van der Waals surface area contributed by atoms with Gasteiger partial charge >= 0.3 is 0 Å². The number of nitrogens with one attached hydrogen (secondary N) is 4. The molecule has 1 aliphatic rings. The van der Waals surface area contributed by atoms with Crippen LogP contribution in [-0.4, -0.2) is 37.1 Å². The van der Waals surface area contributed by atoms with E-state index in [1.807, 2.05) is 43.3 Å². The first-order valence-electron chi connectivity index (χ1n) is 8.75. The Morgan fingerprint density at radius 1 is 1.27 bits per heavy atom. The van der Waals surface area contributed by atoms with Crippen molar-refractivity contribution in [1.82, 2.24) is 21.2 Å². The van der Waals surface area contributed by atoms with Crippen molar-refractivity contribution in [1.29, 1.82) is 0 Å². The Bertz CT molecular complexity index is 752. The quantitative estimate of drug-likeness (QED) is 0.564. The standard InChI is InChI=1S/C19H25N5O2/c1-13-5-4-8-20-18(13)21-9-10-22-19(25)17-12-16(23-24-17)14-6-3-7-15(11-14)26-2/h3-8,11,16-17,23-24H,9-10,12H2,1-2H3,(H,20,21)(H,22,25). The second-order valence-corrected chi connectivity index (χ2v) is 6.29. The Morgan fingerprint density at radius 3 is 2.96 bits per heavy atom. The number of hydrogen-bond acceptors (Lipinski definition) is 6. The van der Waals surface area contributed by atoms with Crippen LogP contribution < -0.4 is 26.2 Å². The molecule has 7 nitrogen and oxygen atoms in total. The second-order valence-electron chi connectivity index (χ2n) is 6.29. The molecule has 0 radical (unpaired) electrons. The first kappa shape index (κ1) is 18.2. The lowest BCUT2D eigenvalue weighted by Crippen LogP contribution is -2.44. The number of carbonyl (C=O) groups is 1. The molecule has 26 heavy (non-hydrogen) atoms. The fourth-order valence-corrected chi connectivity index (χ4v) is 2.97.